The summed E-state index contributed by atoms with van der Waals surface area (Å²) >= 11 is 5.98. The summed E-state index contributed by atoms with van der Waals surface area (Å²) in [5.41, 5.74) is 6.21. The average Bonchev–Trinajstić information content (AvgIpc) is 2.21. The van der Waals surface area contributed by atoms with Gasteiger partial charge in [-0.2, -0.15) is 0 Å². The molecule has 0 aromatic heterocycles. The number of hydrogen-bond donors (Lipinski definition) is 1. The molecule has 1 aromatic rings. The molecule has 0 amide bonds. The molecule has 0 bridgehead atoms. The molecule has 1 rings (SSSR count). The van der Waals surface area contributed by atoms with Crippen LogP contribution in [0, 0.1) is 0 Å². The largest absolute Gasteiger partial charge is 0.494 e. The van der Waals surface area contributed by atoms with Crippen LogP contribution in [0.2, 0.25) is 5.02 Å². The quantitative estimate of drug-likeness (QED) is 0.623. The molecule has 0 aliphatic carbocycles. The highest BCUT2D eigenvalue weighted by molar-refractivity contribution is 6.32. The molecule has 3 nitrogen and oxygen atoms in total. The highest BCUT2D eigenvalue weighted by Crippen LogP contribution is 2.34. The van der Waals surface area contributed by atoms with Crippen molar-refractivity contribution in [1.82, 2.24) is 0 Å². The topological polar surface area (TPSA) is 44.5 Å². The number of unbranched alkanes of at least 4 members (excludes halogenated alkanes) is 1. The van der Waals surface area contributed by atoms with E-state index in [0.717, 1.165) is 12.8 Å². The zero-order chi connectivity index (χ0) is 11.3. The summed E-state index contributed by atoms with van der Waals surface area (Å²) in [7, 11) is 1.56. The second-order valence-electron chi connectivity index (χ2n) is 3.23. The lowest BCUT2D eigenvalue weighted by Crippen LogP contribution is -1.99. The molecule has 1 aromatic carbocycles. The molecule has 0 aliphatic heterocycles. The smallest absolute Gasteiger partial charge is 0.145 e. The van der Waals surface area contributed by atoms with E-state index < -0.39 is 0 Å². The van der Waals surface area contributed by atoms with Gasteiger partial charge in [-0.15, -0.1) is 0 Å². The van der Waals surface area contributed by atoms with Gasteiger partial charge in [0.05, 0.1) is 24.4 Å². The lowest BCUT2D eigenvalue weighted by Gasteiger charge is -2.11. The molecule has 15 heavy (non-hydrogen) atoms. The molecule has 0 heterocycles. The fourth-order valence-corrected chi connectivity index (χ4v) is 1.39. The van der Waals surface area contributed by atoms with Crippen molar-refractivity contribution in [3.63, 3.8) is 0 Å². The molecule has 0 spiro atoms. The molecule has 2 N–H and O–H groups in total. The Bertz CT molecular complexity index is 329. The second-order valence-corrected chi connectivity index (χ2v) is 3.63. The standard InChI is InChI=1S/C11H16ClNO2/c1-3-4-5-15-10-7-11(14-2)9(13)6-8(10)12/h6-7H,3-5,13H2,1-2H3. The van der Waals surface area contributed by atoms with Crippen molar-refractivity contribution in [3.8, 4) is 11.5 Å². The molecule has 4 heteroatoms. The number of nitrogen functional groups attached to an aromatic ring is 1. The van der Waals surface area contributed by atoms with Gasteiger partial charge >= 0.3 is 0 Å². The lowest BCUT2D eigenvalue weighted by atomic mass is 10.3. The minimum atomic E-state index is 0.518. The van der Waals surface area contributed by atoms with Gasteiger partial charge in [0.15, 0.2) is 0 Å². The van der Waals surface area contributed by atoms with E-state index in [0.29, 0.717) is 28.8 Å². The third-order valence-electron chi connectivity index (χ3n) is 2.04. The summed E-state index contributed by atoms with van der Waals surface area (Å²) in [4.78, 5) is 0. The molecule has 0 saturated heterocycles. The first kappa shape index (κ1) is 12.0. The van der Waals surface area contributed by atoms with Crippen LogP contribution >= 0.6 is 11.6 Å². The van der Waals surface area contributed by atoms with E-state index in [1.165, 1.54) is 0 Å². The molecule has 0 atom stereocenters. The van der Waals surface area contributed by atoms with E-state index >= 15 is 0 Å². The van der Waals surface area contributed by atoms with Crippen molar-refractivity contribution in [1.29, 1.82) is 0 Å². The van der Waals surface area contributed by atoms with Crippen molar-refractivity contribution in [2.45, 2.75) is 19.8 Å². The number of anilines is 1. The summed E-state index contributed by atoms with van der Waals surface area (Å²) in [5, 5.41) is 0.518. The van der Waals surface area contributed by atoms with Gasteiger partial charge in [-0.05, 0) is 12.5 Å². The van der Waals surface area contributed by atoms with E-state index in [9.17, 15) is 0 Å². The Morgan fingerprint density at radius 2 is 2.07 bits per heavy atom. The summed E-state index contributed by atoms with van der Waals surface area (Å²) in [6.07, 6.45) is 2.09. The van der Waals surface area contributed by atoms with Gasteiger partial charge < -0.3 is 15.2 Å². The summed E-state index contributed by atoms with van der Waals surface area (Å²) in [6, 6.07) is 3.36. The maximum Gasteiger partial charge on any atom is 0.145 e. The van der Waals surface area contributed by atoms with E-state index in [-0.39, 0.29) is 0 Å². The van der Waals surface area contributed by atoms with Crippen LogP contribution in [-0.2, 0) is 0 Å². The van der Waals surface area contributed by atoms with Crippen molar-refractivity contribution < 1.29 is 9.47 Å². The predicted molar refractivity (Wildman–Crippen MR) is 62.8 cm³/mol. The first-order valence-corrected chi connectivity index (χ1v) is 5.32. The first-order chi connectivity index (χ1) is 7.19. The number of nitrogens with two attached hydrogens (primary N) is 1. The second kappa shape index (κ2) is 5.71. The number of rotatable bonds is 5. The Balaban J connectivity index is 2.78. The lowest BCUT2D eigenvalue weighted by molar-refractivity contribution is 0.307. The van der Waals surface area contributed by atoms with Crippen LogP contribution in [0.4, 0.5) is 5.69 Å². The number of benzene rings is 1. The molecule has 0 fully saturated rings. The number of methoxy groups -OCH3 is 1. The van der Waals surface area contributed by atoms with Crippen LogP contribution in [0.3, 0.4) is 0 Å². The molecule has 0 aliphatic rings. The van der Waals surface area contributed by atoms with Crippen molar-refractivity contribution in [2.24, 2.45) is 0 Å². The Kier molecular flexibility index (Phi) is 4.56. The third kappa shape index (κ3) is 3.20. The van der Waals surface area contributed by atoms with Gasteiger partial charge in [0.25, 0.3) is 0 Å². The van der Waals surface area contributed by atoms with E-state index in [1.807, 2.05) is 0 Å². The van der Waals surface area contributed by atoms with E-state index in [2.05, 4.69) is 6.92 Å². The highest BCUT2D eigenvalue weighted by atomic mass is 35.5. The third-order valence-corrected chi connectivity index (χ3v) is 2.34. The predicted octanol–water partition coefficient (Wildman–Crippen LogP) is 3.11. The van der Waals surface area contributed by atoms with Gasteiger partial charge in [-0.1, -0.05) is 24.9 Å². The van der Waals surface area contributed by atoms with Crippen LogP contribution in [0.5, 0.6) is 11.5 Å². The first-order valence-electron chi connectivity index (χ1n) is 4.94. The molecule has 0 radical (unpaired) electrons. The Hall–Kier alpha value is -1.09. The van der Waals surface area contributed by atoms with Crippen molar-refractivity contribution >= 4 is 17.3 Å². The Morgan fingerprint density at radius 3 is 2.67 bits per heavy atom. The van der Waals surface area contributed by atoms with Crippen molar-refractivity contribution in [2.75, 3.05) is 19.5 Å². The van der Waals surface area contributed by atoms with Crippen molar-refractivity contribution in [3.05, 3.63) is 17.2 Å². The van der Waals surface area contributed by atoms with E-state index in [1.54, 1.807) is 19.2 Å². The normalized spacial score (nSPS) is 10.1. The number of ether oxygens (including phenoxy) is 2. The summed E-state index contributed by atoms with van der Waals surface area (Å²) < 4.78 is 10.6. The van der Waals surface area contributed by atoms with Gasteiger partial charge in [0, 0.05) is 6.07 Å². The van der Waals surface area contributed by atoms with E-state index in [4.69, 9.17) is 26.8 Å². The van der Waals surface area contributed by atoms with Gasteiger partial charge in [-0.3, -0.25) is 0 Å². The van der Waals surface area contributed by atoms with Crippen LogP contribution in [0.15, 0.2) is 12.1 Å². The molecular formula is C11H16ClNO2. The van der Waals surface area contributed by atoms with Gasteiger partial charge in [0.1, 0.15) is 11.5 Å². The Morgan fingerprint density at radius 1 is 1.33 bits per heavy atom. The van der Waals surface area contributed by atoms with Crippen LogP contribution in [-0.4, -0.2) is 13.7 Å². The zero-order valence-electron chi connectivity index (χ0n) is 9.05. The molecule has 0 saturated carbocycles. The number of halogens is 1. The van der Waals surface area contributed by atoms with Gasteiger partial charge in [0.2, 0.25) is 0 Å². The van der Waals surface area contributed by atoms with Crippen LogP contribution in [0.1, 0.15) is 19.8 Å². The van der Waals surface area contributed by atoms with Crippen LogP contribution < -0.4 is 15.2 Å². The minimum Gasteiger partial charge on any atom is -0.494 e. The SMILES string of the molecule is CCCCOc1cc(OC)c(N)cc1Cl. The summed E-state index contributed by atoms with van der Waals surface area (Å²) in [6.45, 7) is 2.76. The minimum absolute atomic E-state index is 0.518. The van der Waals surface area contributed by atoms with Crippen LogP contribution in [0.25, 0.3) is 0 Å². The highest BCUT2D eigenvalue weighted by Gasteiger charge is 2.07. The maximum atomic E-state index is 5.98. The average molecular weight is 230 g/mol. The fraction of sp³-hybridized carbons (Fsp3) is 0.455. The fourth-order valence-electron chi connectivity index (χ4n) is 1.16. The number of hydrogen-bond acceptors (Lipinski definition) is 3. The Labute approximate surface area is 95.1 Å². The molecule has 84 valence electrons. The maximum absolute atomic E-state index is 5.98. The molecular weight excluding hydrogens is 214 g/mol. The summed E-state index contributed by atoms with van der Waals surface area (Å²) in [5.74, 6) is 1.21. The zero-order valence-corrected chi connectivity index (χ0v) is 9.80. The monoisotopic (exact) mass is 229 g/mol. The van der Waals surface area contributed by atoms with Gasteiger partial charge in [-0.25, -0.2) is 0 Å². The molecule has 0 unspecified atom stereocenters.